The van der Waals surface area contributed by atoms with Crippen molar-refractivity contribution in [1.82, 2.24) is 19.7 Å². The molecule has 0 bridgehead atoms. The Labute approximate surface area is 179 Å². The Hall–Kier alpha value is -3.19. The van der Waals surface area contributed by atoms with Gasteiger partial charge in [0.05, 0.1) is 5.52 Å². The number of hydrogen-bond donors (Lipinski definition) is 1. The van der Waals surface area contributed by atoms with E-state index in [2.05, 4.69) is 43.6 Å². The number of carbonyl (C=O) groups is 1. The molecule has 0 saturated carbocycles. The van der Waals surface area contributed by atoms with Crippen LogP contribution in [0.5, 0.6) is 0 Å². The third kappa shape index (κ3) is 3.57. The van der Waals surface area contributed by atoms with E-state index in [9.17, 15) is 4.79 Å². The second kappa shape index (κ2) is 7.91. The normalized spacial score (nSPS) is 16.3. The first kappa shape index (κ1) is 18.8. The van der Waals surface area contributed by atoms with Gasteiger partial charge >= 0.3 is 0 Å². The highest BCUT2D eigenvalue weighted by Crippen LogP contribution is 2.27. The van der Waals surface area contributed by atoms with E-state index in [4.69, 9.17) is 0 Å². The Morgan fingerprint density at radius 3 is 3.03 bits per heavy atom. The molecule has 152 valence electrons. The van der Waals surface area contributed by atoms with Crippen molar-refractivity contribution in [3.63, 3.8) is 0 Å². The molecular formula is C23H23N5OS. The van der Waals surface area contributed by atoms with E-state index in [-0.39, 0.29) is 5.91 Å². The van der Waals surface area contributed by atoms with E-state index in [1.807, 2.05) is 48.2 Å². The Bertz CT molecular complexity index is 1200. The minimum atomic E-state index is -0.101. The Morgan fingerprint density at radius 2 is 2.13 bits per heavy atom. The topological polar surface area (TPSA) is 62.5 Å². The van der Waals surface area contributed by atoms with Crippen LogP contribution < -0.4 is 10.2 Å². The van der Waals surface area contributed by atoms with Crippen LogP contribution in [0, 0.1) is 12.8 Å². The molecule has 7 heteroatoms. The van der Waals surface area contributed by atoms with Crippen LogP contribution in [0.2, 0.25) is 0 Å². The van der Waals surface area contributed by atoms with Gasteiger partial charge in [-0.25, -0.2) is 9.97 Å². The summed E-state index contributed by atoms with van der Waals surface area (Å²) >= 11 is 1.51. The van der Waals surface area contributed by atoms with Gasteiger partial charge < -0.3 is 14.6 Å². The molecule has 1 atom stereocenters. The SMILES string of the molecule is Cc1ccccc1-c1nc(C(=O)NC[C@H]2CCN(c3nccn4cccc34)C2)cs1. The predicted octanol–water partition coefficient (Wildman–Crippen LogP) is 4.02. The summed E-state index contributed by atoms with van der Waals surface area (Å²) in [7, 11) is 0. The number of amides is 1. The monoisotopic (exact) mass is 417 g/mol. The van der Waals surface area contributed by atoms with Gasteiger partial charge in [-0.15, -0.1) is 11.3 Å². The first-order valence-corrected chi connectivity index (χ1v) is 11.0. The van der Waals surface area contributed by atoms with Crippen LogP contribution in [0.1, 0.15) is 22.5 Å². The van der Waals surface area contributed by atoms with E-state index in [1.54, 1.807) is 0 Å². The molecule has 1 saturated heterocycles. The second-order valence-corrected chi connectivity index (χ2v) is 8.57. The summed E-state index contributed by atoms with van der Waals surface area (Å²) in [6, 6.07) is 12.2. The van der Waals surface area contributed by atoms with Crippen LogP contribution in [0.4, 0.5) is 5.82 Å². The molecule has 0 unspecified atom stereocenters. The Morgan fingerprint density at radius 1 is 1.23 bits per heavy atom. The van der Waals surface area contributed by atoms with Crippen molar-refractivity contribution in [2.45, 2.75) is 13.3 Å². The standard InChI is InChI=1S/C23H23N5OS/c1-16-5-2-3-6-18(16)23-26-19(15-30-23)22(29)25-13-17-8-11-28(14-17)21-20-7-4-10-27(20)12-9-24-21/h2-7,9-10,12,15,17H,8,11,13-14H2,1H3,(H,25,29)/t17-/m1/s1. The lowest BCUT2D eigenvalue weighted by atomic mass is 10.1. The van der Waals surface area contributed by atoms with Crippen molar-refractivity contribution in [2.24, 2.45) is 5.92 Å². The molecule has 0 spiro atoms. The molecule has 3 aromatic heterocycles. The molecule has 30 heavy (non-hydrogen) atoms. The van der Waals surface area contributed by atoms with E-state index in [0.29, 0.717) is 18.2 Å². The summed E-state index contributed by atoms with van der Waals surface area (Å²) < 4.78 is 2.09. The van der Waals surface area contributed by atoms with E-state index in [0.717, 1.165) is 47.0 Å². The maximum atomic E-state index is 12.6. The van der Waals surface area contributed by atoms with E-state index >= 15 is 0 Å². The predicted molar refractivity (Wildman–Crippen MR) is 120 cm³/mol. The number of carbonyl (C=O) groups excluding carboxylic acids is 1. The van der Waals surface area contributed by atoms with Crippen molar-refractivity contribution < 1.29 is 4.79 Å². The molecule has 0 aliphatic carbocycles. The first-order valence-electron chi connectivity index (χ1n) is 10.2. The molecule has 1 aromatic carbocycles. The summed E-state index contributed by atoms with van der Waals surface area (Å²) in [4.78, 5) is 24.1. The van der Waals surface area contributed by atoms with Crippen LogP contribution in [-0.4, -0.2) is 39.9 Å². The van der Waals surface area contributed by atoms with Crippen LogP contribution >= 0.6 is 11.3 Å². The average Bonchev–Trinajstić information content (AvgIpc) is 3.52. The zero-order chi connectivity index (χ0) is 20.5. The molecule has 0 radical (unpaired) electrons. The molecule has 4 heterocycles. The molecular weight excluding hydrogens is 394 g/mol. The fourth-order valence-corrected chi connectivity index (χ4v) is 4.92. The highest BCUT2D eigenvalue weighted by molar-refractivity contribution is 7.13. The summed E-state index contributed by atoms with van der Waals surface area (Å²) in [6.45, 7) is 4.55. The zero-order valence-electron chi connectivity index (χ0n) is 16.8. The van der Waals surface area contributed by atoms with Crippen LogP contribution in [0.3, 0.4) is 0 Å². The number of rotatable bonds is 5. The third-order valence-electron chi connectivity index (χ3n) is 5.68. The smallest absolute Gasteiger partial charge is 0.270 e. The molecule has 4 aromatic rings. The van der Waals surface area contributed by atoms with Gasteiger partial charge in [0, 0.05) is 49.2 Å². The number of fused-ring (bicyclic) bond motifs is 1. The fourth-order valence-electron chi connectivity index (χ4n) is 4.03. The minimum absolute atomic E-state index is 0.101. The van der Waals surface area contributed by atoms with Crippen LogP contribution in [0.25, 0.3) is 16.1 Å². The highest BCUT2D eigenvalue weighted by atomic mass is 32.1. The number of nitrogens with zero attached hydrogens (tertiary/aromatic N) is 4. The summed E-state index contributed by atoms with van der Waals surface area (Å²) in [5, 5.41) is 5.81. The second-order valence-electron chi connectivity index (χ2n) is 7.72. The first-order chi connectivity index (χ1) is 14.7. The summed E-state index contributed by atoms with van der Waals surface area (Å²) in [5.41, 5.74) is 3.86. The molecule has 1 aliphatic heterocycles. The number of benzene rings is 1. The van der Waals surface area contributed by atoms with Gasteiger partial charge in [0.1, 0.15) is 10.7 Å². The molecule has 1 N–H and O–H groups in total. The zero-order valence-corrected chi connectivity index (χ0v) is 17.6. The van der Waals surface area contributed by atoms with Gasteiger partial charge in [0.25, 0.3) is 5.91 Å². The third-order valence-corrected chi connectivity index (χ3v) is 6.56. The summed E-state index contributed by atoms with van der Waals surface area (Å²) in [5.74, 6) is 1.32. The Kier molecular flexibility index (Phi) is 4.96. The molecule has 1 amide bonds. The lowest BCUT2D eigenvalue weighted by Crippen LogP contribution is -2.31. The van der Waals surface area contributed by atoms with Crippen molar-refractivity contribution in [1.29, 1.82) is 0 Å². The number of aromatic nitrogens is 3. The van der Waals surface area contributed by atoms with Crippen molar-refractivity contribution in [2.75, 3.05) is 24.5 Å². The number of hydrogen-bond acceptors (Lipinski definition) is 5. The van der Waals surface area contributed by atoms with Crippen LogP contribution in [-0.2, 0) is 0 Å². The maximum Gasteiger partial charge on any atom is 0.270 e. The van der Waals surface area contributed by atoms with E-state index < -0.39 is 0 Å². The fraction of sp³-hybridized carbons (Fsp3) is 0.261. The van der Waals surface area contributed by atoms with Crippen molar-refractivity contribution in [3.8, 4) is 10.6 Å². The molecule has 1 aliphatic rings. The maximum absolute atomic E-state index is 12.6. The van der Waals surface area contributed by atoms with Gasteiger partial charge in [-0.3, -0.25) is 4.79 Å². The van der Waals surface area contributed by atoms with Gasteiger partial charge in [0.2, 0.25) is 0 Å². The average molecular weight is 418 g/mol. The number of thiazole rings is 1. The quantitative estimate of drug-likeness (QED) is 0.533. The minimum Gasteiger partial charge on any atom is -0.355 e. The summed E-state index contributed by atoms with van der Waals surface area (Å²) in [6.07, 6.45) is 6.87. The van der Waals surface area contributed by atoms with E-state index in [1.165, 1.54) is 11.3 Å². The number of nitrogens with one attached hydrogen (secondary N) is 1. The Balaban J connectivity index is 1.21. The van der Waals surface area contributed by atoms with Crippen LogP contribution in [0.15, 0.2) is 60.4 Å². The van der Waals surface area contributed by atoms with Gasteiger partial charge in [-0.2, -0.15) is 0 Å². The lowest BCUT2D eigenvalue weighted by molar-refractivity contribution is 0.0944. The van der Waals surface area contributed by atoms with Gasteiger partial charge in [0.15, 0.2) is 5.82 Å². The number of anilines is 1. The molecule has 1 fully saturated rings. The lowest BCUT2D eigenvalue weighted by Gasteiger charge is -2.18. The van der Waals surface area contributed by atoms with Gasteiger partial charge in [-0.05, 0) is 37.0 Å². The molecule has 5 rings (SSSR count). The highest BCUT2D eigenvalue weighted by Gasteiger charge is 2.25. The van der Waals surface area contributed by atoms with Crippen molar-refractivity contribution in [3.05, 3.63) is 71.6 Å². The van der Waals surface area contributed by atoms with Gasteiger partial charge in [-0.1, -0.05) is 24.3 Å². The molecule has 6 nitrogen and oxygen atoms in total. The largest absolute Gasteiger partial charge is 0.355 e. The number of aryl methyl sites for hydroxylation is 1. The van der Waals surface area contributed by atoms with Crippen molar-refractivity contribution >= 4 is 28.6 Å².